The van der Waals surface area contributed by atoms with Crippen molar-refractivity contribution in [3.8, 4) is 0 Å². The molecule has 0 radical (unpaired) electrons. The molecule has 1 aliphatic carbocycles. The topological polar surface area (TPSA) is 39.1 Å². The van der Waals surface area contributed by atoms with E-state index < -0.39 is 0 Å². The normalized spacial score (nSPS) is 18.5. The lowest BCUT2D eigenvalue weighted by Gasteiger charge is -2.27. The minimum Gasteiger partial charge on any atom is -0.377 e. The molecule has 1 aromatic rings. The smallest absolute Gasteiger partial charge is 0.0759 e. The Bertz CT molecular complexity index is 373. The lowest BCUT2D eigenvalue weighted by atomic mass is 10.0. The molecule has 1 aliphatic rings. The molecule has 0 saturated heterocycles. The van der Waals surface area contributed by atoms with Crippen molar-refractivity contribution in [3.05, 3.63) is 18.0 Å². The molecule has 4 heteroatoms. The molecule has 108 valence electrons. The van der Waals surface area contributed by atoms with Gasteiger partial charge in [-0.25, -0.2) is 0 Å². The van der Waals surface area contributed by atoms with Gasteiger partial charge < -0.3 is 10.1 Å². The Balaban J connectivity index is 2.00. The van der Waals surface area contributed by atoms with Gasteiger partial charge in [-0.3, -0.25) is 4.68 Å². The van der Waals surface area contributed by atoms with Gasteiger partial charge in [-0.1, -0.05) is 6.92 Å². The van der Waals surface area contributed by atoms with Gasteiger partial charge in [0.1, 0.15) is 0 Å². The second kappa shape index (κ2) is 7.06. The Morgan fingerprint density at radius 1 is 1.47 bits per heavy atom. The number of aromatic nitrogens is 2. The highest BCUT2D eigenvalue weighted by molar-refractivity contribution is 5.04. The predicted octanol–water partition coefficient (Wildman–Crippen LogP) is 2.15. The average Bonchev–Trinajstić information content (AvgIpc) is 3.15. The summed E-state index contributed by atoms with van der Waals surface area (Å²) in [7, 11) is 1.97. The standard InChI is InChI=1S/C15H27N3O/c1-4-9-16-14(11-13-8-10-18(3)17-13)15(19-5-2)12-6-7-12/h8,10,12,14-16H,4-7,9,11H2,1-3H3. The third-order valence-electron chi connectivity index (χ3n) is 3.70. The van der Waals surface area contributed by atoms with E-state index in [2.05, 4.69) is 30.3 Å². The molecule has 0 spiro atoms. The van der Waals surface area contributed by atoms with E-state index in [1.807, 2.05) is 17.9 Å². The molecule has 0 aliphatic heterocycles. The van der Waals surface area contributed by atoms with E-state index in [1.165, 1.54) is 12.8 Å². The van der Waals surface area contributed by atoms with E-state index in [0.717, 1.165) is 37.6 Å². The maximum Gasteiger partial charge on any atom is 0.0759 e. The van der Waals surface area contributed by atoms with E-state index in [1.54, 1.807) is 0 Å². The number of rotatable bonds is 9. The van der Waals surface area contributed by atoms with Crippen molar-refractivity contribution in [1.82, 2.24) is 15.1 Å². The molecule has 0 aromatic carbocycles. The van der Waals surface area contributed by atoms with Crippen molar-refractivity contribution in [2.45, 2.75) is 51.7 Å². The molecule has 1 N–H and O–H groups in total. The van der Waals surface area contributed by atoms with Crippen LogP contribution in [0.3, 0.4) is 0 Å². The summed E-state index contributed by atoms with van der Waals surface area (Å²) < 4.78 is 7.88. The van der Waals surface area contributed by atoms with E-state index in [9.17, 15) is 0 Å². The molecule has 19 heavy (non-hydrogen) atoms. The number of nitrogens with one attached hydrogen (secondary N) is 1. The molecular weight excluding hydrogens is 238 g/mol. The second-order valence-corrected chi connectivity index (χ2v) is 5.50. The fraction of sp³-hybridized carbons (Fsp3) is 0.800. The molecular formula is C15H27N3O. The van der Waals surface area contributed by atoms with Crippen LogP contribution in [0.4, 0.5) is 0 Å². The van der Waals surface area contributed by atoms with Crippen LogP contribution in [-0.2, 0) is 18.2 Å². The number of ether oxygens (including phenoxy) is 1. The minimum atomic E-state index is 0.346. The zero-order valence-electron chi connectivity index (χ0n) is 12.4. The van der Waals surface area contributed by atoms with Gasteiger partial charge in [0.25, 0.3) is 0 Å². The Morgan fingerprint density at radius 3 is 2.79 bits per heavy atom. The van der Waals surface area contributed by atoms with Gasteiger partial charge in [-0.15, -0.1) is 0 Å². The Labute approximate surface area is 116 Å². The number of hydrogen-bond acceptors (Lipinski definition) is 3. The van der Waals surface area contributed by atoms with Crippen molar-refractivity contribution in [1.29, 1.82) is 0 Å². The van der Waals surface area contributed by atoms with E-state index in [-0.39, 0.29) is 0 Å². The molecule has 1 aromatic heterocycles. The quantitative estimate of drug-likeness (QED) is 0.743. The van der Waals surface area contributed by atoms with Gasteiger partial charge in [0.05, 0.1) is 11.8 Å². The van der Waals surface area contributed by atoms with Gasteiger partial charge in [-0.05, 0) is 44.7 Å². The molecule has 0 amide bonds. The first-order valence-corrected chi connectivity index (χ1v) is 7.58. The van der Waals surface area contributed by atoms with Crippen LogP contribution in [0.25, 0.3) is 0 Å². The highest BCUT2D eigenvalue weighted by atomic mass is 16.5. The Kier molecular flexibility index (Phi) is 5.40. The summed E-state index contributed by atoms with van der Waals surface area (Å²) >= 11 is 0. The largest absolute Gasteiger partial charge is 0.377 e. The van der Waals surface area contributed by atoms with Crippen LogP contribution in [0, 0.1) is 5.92 Å². The van der Waals surface area contributed by atoms with Crippen molar-refractivity contribution < 1.29 is 4.74 Å². The summed E-state index contributed by atoms with van der Waals surface area (Å²) in [5, 5.41) is 8.16. The number of aryl methyl sites for hydroxylation is 1. The molecule has 1 fully saturated rings. The first kappa shape index (κ1) is 14.5. The SMILES string of the molecule is CCCNC(Cc1ccn(C)n1)C(OCC)C1CC1. The lowest BCUT2D eigenvalue weighted by Crippen LogP contribution is -2.44. The van der Waals surface area contributed by atoms with Crippen LogP contribution in [0.1, 0.15) is 38.8 Å². The van der Waals surface area contributed by atoms with Gasteiger partial charge in [0.2, 0.25) is 0 Å². The first-order chi connectivity index (χ1) is 9.24. The number of nitrogens with zero attached hydrogens (tertiary/aromatic N) is 2. The summed E-state index contributed by atoms with van der Waals surface area (Å²) in [6.45, 7) is 6.14. The Hall–Kier alpha value is -0.870. The van der Waals surface area contributed by atoms with Gasteiger partial charge >= 0.3 is 0 Å². The monoisotopic (exact) mass is 265 g/mol. The minimum absolute atomic E-state index is 0.346. The van der Waals surface area contributed by atoms with Crippen molar-refractivity contribution in [3.63, 3.8) is 0 Å². The van der Waals surface area contributed by atoms with Gasteiger partial charge in [0.15, 0.2) is 0 Å². The van der Waals surface area contributed by atoms with Crippen molar-refractivity contribution in [2.75, 3.05) is 13.2 Å². The molecule has 2 atom stereocenters. The maximum atomic E-state index is 6.01. The highest BCUT2D eigenvalue weighted by Crippen LogP contribution is 2.36. The fourth-order valence-electron chi connectivity index (χ4n) is 2.63. The molecule has 1 heterocycles. The van der Waals surface area contributed by atoms with E-state index >= 15 is 0 Å². The maximum absolute atomic E-state index is 6.01. The molecule has 2 rings (SSSR count). The highest BCUT2D eigenvalue weighted by Gasteiger charge is 2.37. The molecule has 4 nitrogen and oxygen atoms in total. The summed E-state index contributed by atoms with van der Waals surface area (Å²) in [4.78, 5) is 0. The van der Waals surface area contributed by atoms with Crippen LogP contribution in [0.2, 0.25) is 0 Å². The lowest BCUT2D eigenvalue weighted by molar-refractivity contribution is 0.0190. The average molecular weight is 265 g/mol. The zero-order chi connectivity index (χ0) is 13.7. The van der Waals surface area contributed by atoms with Gasteiger partial charge in [0, 0.05) is 32.3 Å². The zero-order valence-corrected chi connectivity index (χ0v) is 12.4. The van der Waals surface area contributed by atoms with E-state index in [4.69, 9.17) is 4.74 Å². The van der Waals surface area contributed by atoms with Crippen molar-refractivity contribution in [2.24, 2.45) is 13.0 Å². The summed E-state index contributed by atoms with van der Waals surface area (Å²) in [6.07, 6.45) is 7.11. The summed E-state index contributed by atoms with van der Waals surface area (Å²) in [5.41, 5.74) is 1.15. The second-order valence-electron chi connectivity index (χ2n) is 5.50. The van der Waals surface area contributed by atoms with Crippen LogP contribution < -0.4 is 5.32 Å². The Morgan fingerprint density at radius 2 is 2.26 bits per heavy atom. The molecule has 2 unspecified atom stereocenters. The third kappa shape index (κ3) is 4.32. The van der Waals surface area contributed by atoms with Crippen molar-refractivity contribution >= 4 is 0 Å². The van der Waals surface area contributed by atoms with Gasteiger partial charge in [-0.2, -0.15) is 5.10 Å². The number of hydrogen-bond donors (Lipinski definition) is 1. The molecule has 1 saturated carbocycles. The predicted molar refractivity (Wildman–Crippen MR) is 77.1 cm³/mol. The van der Waals surface area contributed by atoms with Crippen LogP contribution in [-0.4, -0.2) is 35.1 Å². The first-order valence-electron chi connectivity index (χ1n) is 7.58. The van der Waals surface area contributed by atoms with Crippen LogP contribution in [0.15, 0.2) is 12.3 Å². The summed E-state index contributed by atoms with van der Waals surface area (Å²) in [5.74, 6) is 0.748. The third-order valence-corrected chi connectivity index (χ3v) is 3.70. The fourth-order valence-corrected chi connectivity index (χ4v) is 2.63. The summed E-state index contributed by atoms with van der Waals surface area (Å²) in [6, 6.07) is 2.50. The molecule has 0 bridgehead atoms. The van der Waals surface area contributed by atoms with Crippen LogP contribution >= 0.6 is 0 Å². The van der Waals surface area contributed by atoms with Crippen LogP contribution in [0.5, 0.6) is 0 Å². The van der Waals surface area contributed by atoms with E-state index in [0.29, 0.717) is 12.1 Å².